The maximum Gasteiger partial charge on any atom is 0.310 e. The highest BCUT2D eigenvalue weighted by atomic mass is 16.6. The van der Waals surface area contributed by atoms with Crippen molar-refractivity contribution in [2.45, 2.75) is 52.1 Å². The molecule has 0 aromatic carbocycles. The van der Waals surface area contributed by atoms with Gasteiger partial charge >= 0.3 is 5.97 Å². The molecular weight excluding hydrogens is 308 g/mol. The average molecular weight is 332 g/mol. The van der Waals surface area contributed by atoms with E-state index in [4.69, 9.17) is 9.84 Å². The molecule has 0 saturated heterocycles. The molecule has 0 amide bonds. The average Bonchev–Trinajstić information content (AvgIpc) is 2.88. The molecule has 0 saturated carbocycles. The van der Waals surface area contributed by atoms with Crippen molar-refractivity contribution in [2.75, 3.05) is 6.61 Å². The molecular formula is C18H24N2O4. The molecule has 2 aromatic rings. The summed E-state index contributed by atoms with van der Waals surface area (Å²) in [6.45, 7) is 5.57. The zero-order chi connectivity index (χ0) is 17.7. The second kappa shape index (κ2) is 7.57. The number of Topliss-reactive ketones (excluding diaryl/α,β-unsaturated/α-hetero) is 1. The number of aliphatic hydroxyl groups excluding tert-OH is 1. The zero-order valence-electron chi connectivity index (χ0n) is 14.4. The fourth-order valence-electron chi connectivity index (χ4n) is 2.43. The third kappa shape index (κ3) is 4.89. The molecule has 0 fully saturated rings. The molecule has 0 aliphatic carbocycles. The summed E-state index contributed by atoms with van der Waals surface area (Å²) in [6.07, 6.45) is 5.06. The van der Waals surface area contributed by atoms with E-state index in [2.05, 4.69) is 5.10 Å². The molecule has 0 aliphatic heterocycles. The van der Waals surface area contributed by atoms with Crippen LogP contribution in [0.15, 0.2) is 24.5 Å². The van der Waals surface area contributed by atoms with Gasteiger partial charge in [-0.15, -0.1) is 0 Å². The highest BCUT2D eigenvalue weighted by molar-refractivity contribution is 6.02. The van der Waals surface area contributed by atoms with Gasteiger partial charge in [-0.1, -0.05) is 0 Å². The molecule has 24 heavy (non-hydrogen) atoms. The highest BCUT2D eigenvalue weighted by Crippen LogP contribution is 2.17. The van der Waals surface area contributed by atoms with Gasteiger partial charge < -0.3 is 9.84 Å². The van der Waals surface area contributed by atoms with Gasteiger partial charge in [-0.2, -0.15) is 5.10 Å². The SMILES string of the molecule is CC(C)(C)OC(=O)Cc1ccn2ncc(C(=O)CCCCO)c2c1. The summed E-state index contributed by atoms with van der Waals surface area (Å²) in [7, 11) is 0. The number of aromatic nitrogens is 2. The Morgan fingerprint density at radius 2 is 2.04 bits per heavy atom. The number of rotatable bonds is 7. The Balaban J connectivity index is 2.16. The van der Waals surface area contributed by atoms with Gasteiger partial charge in [-0.3, -0.25) is 9.59 Å². The lowest BCUT2D eigenvalue weighted by molar-refractivity contribution is -0.153. The summed E-state index contributed by atoms with van der Waals surface area (Å²) < 4.78 is 6.95. The van der Waals surface area contributed by atoms with Crippen molar-refractivity contribution >= 4 is 17.3 Å². The van der Waals surface area contributed by atoms with Crippen LogP contribution >= 0.6 is 0 Å². The van der Waals surface area contributed by atoms with Crippen LogP contribution in [0.4, 0.5) is 0 Å². The lowest BCUT2D eigenvalue weighted by Crippen LogP contribution is -2.24. The smallest absolute Gasteiger partial charge is 0.310 e. The maximum absolute atomic E-state index is 12.3. The van der Waals surface area contributed by atoms with Gasteiger partial charge in [0.05, 0.1) is 23.7 Å². The summed E-state index contributed by atoms with van der Waals surface area (Å²) in [5.41, 5.74) is 1.48. The Morgan fingerprint density at radius 1 is 1.29 bits per heavy atom. The van der Waals surface area contributed by atoms with Crippen molar-refractivity contribution in [1.82, 2.24) is 9.61 Å². The standard InChI is InChI=1S/C18H24N2O4/c1-18(2,3)24-17(23)11-13-7-8-20-15(10-13)14(12-19-20)16(22)6-4-5-9-21/h7-8,10,12,21H,4-6,9,11H2,1-3H3. The Bertz CT molecular complexity index is 728. The molecule has 0 unspecified atom stereocenters. The highest BCUT2D eigenvalue weighted by Gasteiger charge is 2.18. The van der Waals surface area contributed by atoms with Gasteiger partial charge in [0, 0.05) is 19.2 Å². The molecule has 1 N–H and O–H groups in total. The van der Waals surface area contributed by atoms with Crippen molar-refractivity contribution in [2.24, 2.45) is 0 Å². The van der Waals surface area contributed by atoms with E-state index in [1.165, 1.54) is 0 Å². The number of fused-ring (bicyclic) bond motifs is 1. The van der Waals surface area contributed by atoms with Crippen LogP contribution < -0.4 is 0 Å². The number of aliphatic hydroxyl groups is 1. The van der Waals surface area contributed by atoms with Gasteiger partial charge in [0.25, 0.3) is 0 Å². The summed E-state index contributed by atoms with van der Waals surface area (Å²) in [5, 5.41) is 13.0. The third-order valence-corrected chi connectivity index (χ3v) is 3.47. The first kappa shape index (κ1) is 18.1. The number of unbranched alkanes of at least 4 members (excludes halogenated alkanes) is 1. The van der Waals surface area contributed by atoms with Crippen LogP contribution in [0.25, 0.3) is 5.52 Å². The number of ketones is 1. The predicted molar refractivity (Wildman–Crippen MR) is 90.0 cm³/mol. The molecule has 6 heteroatoms. The van der Waals surface area contributed by atoms with Gasteiger partial charge in [0.15, 0.2) is 5.78 Å². The number of hydrogen-bond acceptors (Lipinski definition) is 5. The molecule has 130 valence electrons. The minimum absolute atomic E-state index is 0.00660. The molecule has 2 heterocycles. The van der Waals surface area contributed by atoms with Crippen molar-refractivity contribution < 1.29 is 19.4 Å². The van der Waals surface area contributed by atoms with E-state index < -0.39 is 5.60 Å². The van der Waals surface area contributed by atoms with Crippen LogP contribution in [0.3, 0.4) is 0 Å². The number of ether oxygens (including phenoxy) is 1. The molecule has 2 rings (SSSR count). The topological polar surface area (TPSA) is 80.9 Å². The van der Waals surface area contributed by atoms with Crippen LogP contribution in [0.2, 0.25) is 0 Å². The largest absolute Gasteiger partial charge is 0.460 e. The van der Waals surface area contributed by atoms with E-state index in [1.807, 2.05) is 20.8 Å². The van der Waals surface area contributed by atoms with Crippen LogP contribution in [-0.2, 0) is 16.0 Å². The first-order valence-electron chi connectivity index (χ1n) is 8.12. The first-order valence-corrected chi connectivity index (χ1v) is 8.12. The fraction of sp³-hybridized carbons (Fsp3) is 0.500. The van der Waals surface area contributed by atoms with E-state index in [0.29, 0.717) is 30.3 Å². The monoisotopic (exact) mass is 332 g/mol. The van der Waals surface area contributed by atoms with Crippen molar-refractivity contribution in [1.29, 1.82) is 0 Å². The number of esters is 1. The summed E-state index contributed by atoms with van der Waals surface area (Å²) in [6, 6.07) is 3.60. The predicted octanol–water partition coefficient (Wildman–Crippen LogP) is 2.56. The van der Waals surface area contributed by atoms with E-state index in [0.717, 1.165) is 5.56 Å². The van der Waals surface area contributed by atoms with Crippen molar-refractivity contribution in [3.8, 4) is 0 Å². The van der Waals surface area contributed by atoms with Crippen molar-refractivity contribution in [3.05, 3.63) is 35.7 Å². The van der Waals surface area contributed by atoms with Gasteiger partial charge in [0.1, 0.15) is 5.60 Å². The van der Waals surface area contributed by atoms with Gasteiger partial charge in [-0.05, 0) is 51.3 Å². The Morgan fingerprint density at radius 3 is 2.71 bits per heavy atom. The number of nitrogens with zero attached hydrogens (tertiary/aromatic N) is 2. The van der Waals surface area contributed by atoms with Crippen LogP contribution in [0.1, 0.15) is 56.0 Å². The molecule has 0 bridgehead atoms. The second-order valence-corrected chi connectivity index (χ2v) is 6.79. The Hall–Kier alpha value is -2.21. The lowest BCUT2D eigenvalue weighted by atomic mass is 10.1. The lowest BCUT2D eigenvalue weighted by Gasteiger charge is -2.19. The van der Waals surface area contributed by atoms with E-state index >= 15 is 0 Å². The zero-order valence-corrected chi connectivity index (χ0v) is 14.4. The van der Waals surface area contributed by atoms with E-state index in [9.17, 15) is 9.59 Å². The maximum atomic E-state index is 12.3. The minimum atomic E-state index is -0.522. The number of carbonyl (C=O) groups excluding carboxylic acids is 2. The minimum Gasteiger partial charge on any atom is -0.460 e. The number of pyridine rings is 1. The Labute approximate surface area is 141 Å². The number of carbonyl (C=O) groups is 2. The van der Waals surface area contributed by atoms with Crippen LogP contribution in [0.5, 0.6) is 0 Å². The molecule has 0 spiro atoms. The fourth-order valence-corrected chi connectivity index (χ4v) is 2.43. The molecule has 2 aromatic heterocycles. The van der Waals surface area contributed by atoms with E-state index in [1.54, 1.807) is 29.0 Å². The third-order valence-electron chi connectivity index (χ3n) is 3.47. The summed E-state index contributed by atoms with van der Waals surface area (Å²) in [4.78, 5) is 24.2. The van der Waals surface area contributed by atoms with E-state index in [-0.39, 0.29) is 24.8 Å². The van der Waals surface area contributed by atoms with Crippen LogP contribution in [0, 0.1) is 0 Å². The first-order chi connectivity index (χ1) is 11.3. The second-order valence-electron chi connectivity index (χ2n) is 6.79. The normalized spacial score (nSPS) is 11.7. The summed E-state index contributed by atoms with van der Waals surface area (Å²) in [5.74, 6) is -0.310. The Kier molecular flexibility index (Phi) is 5.72. The van der Waals surface area contributed by atoms with Gasteiger partial charge in [-0.25, -0.2) is 4.52 Å². The quantitative estimate of drug-likeness (QED) is 0.479. The van der Waals surface area contributed by atoms with Crippen molar-refractivity contribution in [3.63, 3.8) is 0 Å². The summed E-state index contributed by atoms with van der Waals surface area (Å²) >= 11 is 0. The molecule has 0 atom stereocenters. The molecule has 0 aliphatic rings. The number of hydrogen-bond donors (Lipinski definition) is 1. The molecule has 6 nitrogen and oxygen atoms in total. The van der Waals surface area contributed by atoms with Gasteiger partial charge in [0.2, 0.25) is 0 Å². The molecule has 0 radical (unpaired) electrons. The van der Waals surface area contributed by atoms with Crippen LogP contribution in [-0.4, -0.2) is 38.7 Å².